The van der Waals surface area contributed by atoms with E-state index in [1.165, 1.54) is 42.4 Å². The van der Waals surface area contributed by atoms with Crippen molar-refractivity contribution < 1.29 is 0 Å². The number of rotatable bonds is 3. The zero-order chi connectivity index (χ0) is 14.2. The van der Waals surface area contributed by atoms with Gasteiger partial charge in [-0.3, -0.25) is 0 Å². The lowest BCUT2D eigenvalue weighted by Crippen LogP contribution is -2.23. The van der Waals surface area contributed by atoms with Crippen LogP contribution in [0.5, 0.6) is 0 Å². The highest BCUT2D eigenvalue weighted by atomic mass is 79.9. The van der Waals surface area contributed by atoms with Crippen LogP contribution >= 0.6 is 15.9 Å². The van der Waals surface area contributed by atoms with Gasteiger partial charge in [-0.05, 0) is 60.9 Å². The smallest absolute Gasteiger partial charge is 0.0545 e. The molecular formula is C19H20BrN. The minimum absolute atomic E-state index is 0.552. The van der Waals surface area contributed by atoms with Gasteiger partial charge in [0.05, 0.1) is 6.04 Å². The summed E-state index contributed by atoms with van der Waals surface area (Å²) in [5.74, 6) is 0.825. The molecule has 2 fully saturated rings. The molecule has 1 saturated carbocycles. The molecular weight excluding hydrogens is 322 g/mol. The molecule has 1 nitrogen and oxygen atoms in total. The molecule has 0 radical (unpaired) electrons. The first-order valence-corrected chi connectivity index (χ1v) is 8.73. The molecule has 0 aromatic heterocycles. The molecule has 2 aliphatic rings. The van der Waals surface area contributed by atoms with Crippen LogP contribution in [0.4, 0.5) is 5.69 Å². The van der Waals surface area contributed by atoms with E-state index in [0.717, 1.165) is 5.92 Å². The van der Waals surface area contributed by atoms with Crippen LogP contribution < -0.4 is 4.90 Å². The van der Waals surface area contributed by atoms with Crippen molar-refractivity contribution in [2.45, 2.75) is 37.6 Å². The predicted octanol–water partition coefficient (Wildman–Crippen LogP) is 5.67. The Morgan fingerprint density at radius 3 is 2.48 bits per heavy atom. The Bertz CT molecular complexity index is 648. The van der Waals surface area contributed by atoms with Crippen LogP contribution in [0.1, 0.15) is 48.8 Å². The van der Waals surface area contributed by atoms with Crippen LogP contribution in [-0.4, -0.2) is 6.54 Å². The first-order chi connectivity index (χ1) is 10.3. The summed E-state index contributed by atoms with van der Waals surface area (Å²) in [5, 5.41) is 0. The summed E-state index contributed by atoms with van der Waals surface area (Å²) < 4.78 is 1.17. The second-order valence-corrected chi connectivity index (χ2v) is 7.15. The third-order valence-electron chi connectivity index (χ3n) is 4.76. The molecule has 1 atom stereocenters. The van der Waals surface area contributed by atoms with Crippen LogP contribution in [0, 0.1) is 0 Å². The van der Waals surface area contributed by atoms with E-state index >= 15 is 0 Å². The molecule has 0 bridgehead atoms. The molecule has 4 rings (SSSR count). The quantitative estimate of drug-likeness (QED) is 0.695. The number of hydrogen-bond acceptors (Lipinski definition) is 1. The molecule has 0 spiro atoms. The summed E-state index contributed by atoms with van der Waals surface area (Å²) in [7, 11) is 0. The molecule has 0 amide bonds. The fourth-order valence-electron chi connectivity index (χ4n) is 3.63. The molecule has 1 saturated heterocycles. The van der Waals surface area contributed by atoms with Gasteiger partial charge in [-0.15, -0.1) is 0 Å². The lowest BCUT2D eigenvalue weighted by molar-refractivity contribution is 0.708. The van der Waals surface area contributed by atoms with Gasteiger partial charge in [0.1, 0.15) is 0 Å². The van der Waals surface area contributed by atoms with Gasteiger partial charge in [0, 0.05) is 16.7 Å². The molecule has 0 N–H and O–H groups in total. The predicted molar refractivity (Wildman–Crippen MR) is 91.9 cm³/mol. The zero-order valence-corrected chi connectivity index (χ0v) is 13.7. The standard InChI is InChI=1S/C19H20BrN/c20-15-5-3-6-16(13-15)21-12-4-9-19(21)18-8-2-1-7-17(18)14-10-11-14/h1-3,5-8,13-14,19H,4,9-12H2. The van der Waals surface area contributed by atoms with E-state index in [9.17, 15) is 0 Å². The van der Waals surface area contributed by atoms with Gasteiger partial charge in [-0.2, -0.15) is 0 Å². The van der Waals surface area contributed by atoms with Crippen molar-refractivity contribution in [2.24, 2.45) is 0 Å². The van der Waals surface area contributed by atoms with E-state index in [-0.39, 0.29) is 0 Å². The summed E-state index contributed by atoms with van der Waals surface area (Å²) in [6.07, 6.45) is 5.31. The third kappa shape index (κ3) is 2.62. The van der Waals surface area contributed by atoms with Gasteiger partial charge >= 0.3 is 0 Å². The van der Waals surface area contributed by atoms with E-state index in [4.69, 9.17) is 0 Å². The second kappa shape index (κ2) is 5.49. The number of hydrogen-bond donors (Lipinski definition) is 0. The van der Waals surface area contributed by atoms with E-state index < -0.39 is 0 Å². The molecule has 2 heteroatoms. The molecule has 1 unspecified atom stereocenters. The van der Waals surface area contributed by atoms with E-state index in [0.29, 0.717) is 6.04 Å². The maximum absolute atomic E-state index is 3.61. The molecule has 1 aliphatic carbocycles. The minimum atomic E-state index is 0.552. The molecule has 2 aromatic rings. The van der Waals surface area contributed by atoms with Gasteiger partial charge in [-0.25, -0.2) is 0 Å². The summed E-state index contributed by atoms with van der Waals surface area (Å²) >= 11 is 3.61. The second-order valence-electron chi connectivity index (χ2n) is 6.23. The van der Waals surface area contributed by atoms with Crippen LogP contribution in [0.2, 0.25) is 0 Å². The van der Waals surface area contributed by atoms with Crippen molar-refractivity contribution in [3.8, 4) is 0 Å². The normalized spacial score (nSPS) is 21.8. The van der Waals surface area contributed by atoms with Crippen molar-refractivity contribution in [2.75, 3.05) is 11.4 Å². The Morgan fingerprint density at radius 1 is 0.905 bits per heavy atom. The zero-order valence-electron chi connectivity index (χ0n) is 12.1. The fraction of sp³-hybridized carbons (Fsp3) is 0.368. The lowest BCUT2D eigenvalue weighted by atomic mass is 9.95. The maximum Gasteiger partial charge on any atom is 0.0545 e. The van der Waals surface area contributed by atoms with E-state index in [1.807, 2.05) is 0 Å². The molecule has 21 heavy (non-hydrogen) atoms. The minimum Gasteiger partial charge on any atom is -0.364 e. The largest absolute Gasteiger partial charge is 0.364 e. The molecule has 1 aliphatic heterocycles. The first-order valence-electron chi connectivity index (χ1n) is 7.94. The van der Waals surface area contributed by atoms with Crippen molar-refractivity contribution in [1.82, 2.24) is 0 Å². The van der Waals surface area contributed by atoms with E-state index in [2.05, 4.69) is 69.4 Å². The number of benzene rings is 2. The summed E-state index contributed by atoms with van der Waals surface area (Å²) in [6, 6.07) is 18.4. The van der Waals surface area contributed by atoms with Crippen LogP contribution in [0.3, 0.4) is 0 Å². The first kappa shape index (κ1) is 13.4. The highest BCUT2D eigenvalue weighted by Crippen LogP contribution is 2.46. The average molecular weight is 342 g/mol. The van der Waals surface area contributed by atoms with Crippen molar-refractivity contribution in [3.63, 3.8) is 0 Å². The highest BCUT2D eigenvalue weighted by molar-refractivity contribution is 9.10. The van der Waals surface area contributed by atoms with Gasteiger partial charge < -0.3 is 4.90 Å². The Hall–Kier alpha value is -1.28. The molecule has 1 heterocycles. The van der Waals surface area contributed by atoms with Crippen LogP contribution in [0.15, 0.2) is 53.0 Å². The Morgan fingerprint density at radius 2 is 1.71 bits per heavy atom. The molecule has 2 aromatic carbocycles. The average Bonchev–Trinajstić information content (AvgIpc) is 3.24. The number of halogens is 1. The Balaban J connectivity index is 1.71. The van der Waals surface area contributed by atoms with E-state index in [1.54, 1.807) is 11.1 Å². The van der Waals surface area contributed by atoms with Gasteiger partial charge in [0.25, 0.3) is 0 Å². The lowest BCUT2D eigenvalue weighted by Gasteiger charge is -2.29. The SMILES string of the molecule is Brc1cccc(N2CCCC2c2ccccc2C2CC2)c1. The Kier molecular flexibility index (Phi) is 3.50. The van der Waals surface area contributed by atoms with Gasteiger partial charge in [0.15, 0.2) is 0 Å². The summed E-state index contributed by atoms with van der Waals surface area (Å²) in [6.45, 7) is 1.17. The van der Waals surface area contributed by atoms with Gasteiger partial charge in [0.2, 0.25) is 0 Å². The van der Waals surface area contributed by atoms with Crippen molar-refractivity contribution in [1.29, 1.82) is 0 Å². The summed E-state index contributed by atoms with van der Waals surface area (Å²) in [5.41, 5.74) is 4.51. The molecule has 108 valence electrons. The van der Waals surface area contributed by atoms with Crippen LogP contribution in [-0.2, 0) is 0 Å². The highest BCUT2D eigenvalue weighted by Gasteiger charge is 2.32. The maximum atomic E-state index is 3.61. The summed E-state index contributed by atoms with van der Waals surface area (Å²) in [4.78, 5) is 2.59. The van der Waals surface area contributed by atoms with Crippen molar-refractivity contribution in [3.05, 3.63) is 64.1 Å². The number of anilines is 1. The topological polar surface area (TPSA) is 3.24 Å². The van der Waals surface area contributed by atoms with Crippen LogP contribution in [0.25, 0.3) is 0 Å². The number of nitrogens with zero attached hydrogens (tertiary/aromatic N) is 1. The fourth-order valence-corrected chi connectivity index (χ4v) is 4.02. The monoisotopic (exact) mass is 341 g/mol. The van der Waals surface area contributed by atoms with Crippen molar-refractivity contribution >= 4 is 21.6 Å². The van der Waals surface area contributed by atoms with Gasteiger partial charge in [-0.1, -0.05) is 46.3 Å². The third-order valence-corrected chi connectivity index (χ3v) is 5.26. The Labute approximate surface area is 135 Å².